The number of thiazole rings is 1. The Hall–Kier alpha value is -2.84. The number of fused-ring (bicyclic) bond motifs is 1. The van der Waals surface area contributed by atoms with Gasteiger partial charge in [0.15, 0.2) is 4.80 Å². The van der Waals surface area contributed by atoms with Gasteiger partial charge in [-0.2, -0.15) is 15.1 Å². The molecule has 0 radical (unpaired) electrons. The van der Waals surface area contributed by atoms with Crippen molar-refractivity contribution in [3.63, 3.8) is 0 Å². The first kappa shape index (κ1) is 19.5. The van der Waals surface area contributed by atoms with Crippen LogP contribution in [0.5, 0.6) is 0 Å². The molecule has 0 fully saturated rings. The number of benzene rings is 1. The van der Waals surface area contributed by atoms with Crippen LogP contribution in [0.4, 0.5) is 0 Å². The number of aryl methyl sites for hydroxylation is 2. The lowest BCUT2D eigenvalue weighted by molar-refractivity contribution is -0.118. The smallest absolute Gasteiger partial charge is 0.252 e. The molecule has 4 rings (SSSR count). The fourth-order valence-electron chi connectivity index (χ4n) is 3.23. The van der Waals surface area contributed by atoms with Crippen molar-refractivity contribution in [3.05, 3.63) is 74.5 Å². The zero-order chi connectivity index (χ0) is 20.4. The molecule has 0 bridgehead atoms. The lowest BCUT2D eigenvalue weighted by Gasteiger charge is -2.09. The first-order chi connectivity index (χ1) is 14.0. The maximum Gasteiger partial charge on any atom is 0.252 e. The van der Waals surface area contributed by atoms with Crippen LogP contribution in [0.1, 0.15) is 28.9 Å². The summed E-state index contributed by atoms with van der Waals surface area (Å²) in [5, 5.41) is 6.80. The largest absolute Gasteiger partial charge is 0.319 e. The number of rotatable bonds is 5. The molecule has 7 nitrogen and oxygen atoms in total. The average molecular weight is 427 g/mol. The van der Waals surface area contributed by atoms with Crippen molar-refractivity contribution in [2.45, 2.75) is 33.2 Å². The molecule has 1 amide bonds. The maximum absolute atomic E-state index is 12.5. The van der Waals surface area contributed by atoms with Crippen LogP contribution in [0.2, 0.25) is 5.02 Å². The van der Waals surface area contributed by atoms with E-state index >= 15 is 0 Å². The number of carbonyl (C=O) groups is 1. The van der Waals surface area contributed by atoms with Gasteiger partial charge in [-0.15, -0.1) is 11.3 Å². The lowest BCUT2D eigenvalue weighted by atomic mass is 10.1. The van der Waals surface area contributed by atoms with Crippen molar-refractivity contribution in [2.75, 3.05) is 0 Å². The number of halogens is 1. The van der Waals surface area contributed by atoms with Gasteiger partial charge in [-0.25, -0.2) is 9.50 Å². The van der Waals surface area contributed by atoms with E-state index in [1.807, 2.05) is 54.3 Å². The van der Waals surface area contributed by atoms with Gasteiger partial charge in [-0.05, 0) is 37.5 Å². The van der Waals surface area contributed by atoms with E-state index in [2.05, 4.69) is 20.1 Å². The molecule has 3 aromatic heterocycles. The van der Waals surface area contributed by atoms with Crippen LogP contribution in [0.3, 0.4) is 0 Å². The molecule has 0 atom stereocenters. The second-order valence-electron chi connectivity index (χ2n) is 6.64. The minimum absolute atomic E-state index is 0.169. The second-order valence-corrected chi connectivity index (χ2v) is 7.92. The van der Waals surface area contributed by atoms with E-state index in [1.165, 1.54) is 17.7 Å². The number of amides is 1. The average Bonchev–Trinajstić information content (AvgIpc) is 3.33. The minimum Gasteiger partial charge on any atom is -0.319 e. The highest BCUT2D eigenvalue weighted by molar-refractivity contribution is 7.07. The van der Waals surface area contributed by atoms with Gasteiger partial charge in [0.2, 0.25) is 5.91 Å². The quantitative estimate of drug-likeness (QED) is 0.490. The summed E-state index contributed by atoms with van der Waals surface area (Å²) >= 11 is 7.69. The van der Waals surface area contributed by atoms with Gasteiger partial charge in [0, 0.05) is 34.4 Å². The molecule has 0 N–H and O–H groups in total. The molecule has 0 unspecified atom stereocenters. The number of nitrogens with zero attached hydrogens (tertiary/aromatic N) is 6. The number of hydrogen-bond donors (Lipinski definition) is 0. The standard InChI is InChI=1S/C20H19ClN6OS/c1-13-16(14(2)27-19(24-13)22-12-23-27)7-8-18(28)25-20-26(9-10-29-20)11-15-5-3-4-6-17(15)21/h3-6,9-10,12H,7-8,11H2,1-2H3. The van der Waals surface area contributed by atoms with Crippen LogP contribution in [-0.2, 0) is 17.8 Å². The summed E-state index contributed by atoms with van der Waals surface area (Å²) in [6.07, 6.45) is 4.25. The Balaban J connectivity index is 1.52. The van der Waals surface area contributed by atoms with Crippen molar-refractivity contribution < 1.29 is 4.79 Å². The molecule has 3 heterocycles. The van der Waals surface area contributed by atoms with Crippen molar-refractivity contribution in [1.82, 2.24) is 24.1 Å². The van der Waals surface area contributed by atoms with Crippen molar-refractivity contribution in [3.8, 4) is 0 Å². The summed E-state index contributed by atoms with van der Waals surface area (Å²) < 4.78 is 3.63. The van der Waals surface area contributed by atoms with E-state index in [0.29, 0.717) is 35.0 Å². The molecule has 0 aliphatic rings. The molecule has 0 saturated heterocycles. The predicted octanol–water partition coefficient (Wildman–Crippen LogP) is 3.37. The zero-order valence-electron chi connectivity index (χ0n) is 16.0. The van der Waals surface area contributed by atoms with E-state index in [9.17, 15) is 4.79 Å². The van der Waals surface area contributed by atoms with Gasteiger partial charge >= 0.3 is 0 Å². The topological polar surface area (TPSA) is 77.4 Å². The molecule has 4 aromatic rings. The van der Waals surface area contributed by atoms with Gasteiger partial charge in [-0.3, -0.25) is 4.79 Å². The fourth-order valence-corrected chi connectivity index (χ4v) is 4.17. The molecule has 29 heavy (non-hydrogen) atoms. The molecule has 9 heteroatoms. The van der Waals surface area contributed by atoms with Gasteiger partial charge in [0.05, 0.1) is 6.54 Å². The fraction of sp³-hybridized carbons (Fsp3) is 0.250. The van der Waals surface area contributed by atoms with Crippen LogP contribution < -0.4 is 4.80 Å². The molecule has 0 spiro atoms. The van der Waals surface area contributed by atoms with Gasteiger partial charge in [-0.1, -0.05) is 29.8 Å². The first-order valence-corrected chi connectivity index (χ1v) is 10.4. The number of carbonyl (C=O) groups excluding carboxylic acids is 1. The molecule has 0 aliphatic carbocycles. The Kier molecular flexibility index (Phi) is 5.55. The monoisotopic (exact) mass is 426 g/mol. The van der Waals surface area contributed by atoms with Crippen LogP contribution in [-0.4, -0.2) is 30.1 Å². The summed E-state index contributed by atoms with van der Waals surface area (Å²) in [5.41, 5.74) is 3.80. The highest BCUT2D eigenvalue weighted by Gasteiger charge is 2.12. The lowest BCUT2D eigenvalue weighted by Crippen LogP contribution is -2.17. The highest BCUT2D eigenvalue weighted by atomic mass is 35.5. The van der Waals surface area contributed by atoms with E-state index in [1.54, 1.807) is 4.52 Å². The maximum atomic E-state index is 12.5. The summed E-state index contributed by atoms with van der Waals surface area (Å²) in [7, 11) is 0. The Morgan fingerprint density at radius 2 is 2.10 bits per heavy atom. The third-order valence-corrected chi connectivity index (χ3v) is 5.92. The SMILES string of the molecule is Cc1nc2ncnn2c(C)c1CCC(=O)N=c1sccn1Cc1ccccc1Cl. The van der Waals surface area contributed by atoms with E-state index in [0.717, 1.165) is 22.5 Å². The molecule has 148 valence electrons. The van der Waals surface area contributed by atoms with Gasteiger partial charge < -0.3 is 4.57 Å². The molecule has 0 saturated carbocycles. The van der Waals surface area contributed by atoms with Gasteiger partial charge in [0.1, 0.15) is 6.33 Å². The van der Waals surface area contributed by atoms with Crippen molar-refractivity contribution in [2.24, 2.45) is 4.99 Å². The van der Waals surface area contributed by atoms with Gasteiger partial charge in [0.25, 0.3) is 5.78 Å². The number of aromatic nitrogens is 5. The molecule has 1 aromatic carbocycles. The van der Waals surface area contributed by atoms with E-state index < -0.39 is 0 Å². The zero-order valence-corrected chi connectivity index (χ0v) is 17.6. The minimum atomic E-state index is -0.169. The predicted molar refractivity (Wildman–Crippen MR) is 112 cm³/mol. The van der Waals surface area contributed by atoms with E-state index in [4.69, 9.17) is 11.6 Å². The van der Waals surface area contributed by atoms with Crippen LogP contribution in [0.25, 0.3) is 5.78 Å². The number of hydrogen-bond acceptors (Lipinski definition) is 5. The van der Waals surface area contributed by atoms with Crippen LogP contribution >= 0.6 is 22.9 Å². The normalized spacial score (nSPS) is 12.0. The third kappa shape index (κ3) is 4.13. The van der Waals surface area contributed by atoms with Crippen LogP contribution in [0, 0.1) is 13.8 Å². The highest BCUT2D eigenvalue weighted by Crippen LogP contribution is 2.16. The summed E-state index contributed by atoms with van der Waals surface area (Å²) in [6, 6.07) is 7.67. The summed E-state index contributed by atoms with van der Waals surface area (Å²) in [6.45, 7) is 4.46. The summed E-state index contributed by atoms with van der Waals surface area (Å²) in [4.78, 5) is 26.1. The Labute approximate surface area is 176 Å². The van der Waals surface area contributed by atoms with Crippen molar-refractivity contribution in [1.29, 1.82) is 0 Å². The second kappa shape index (κ2) is 8.26. The van der Waals surface area contributed by atoms with E-state index in [-0.39, 0.29) is 5.91 Å². The third-order valence-electron chi connectivity index (χ3n) is 4.76. The summed E-state index contributed by atoms with van der Waals surface area (Å²) in [5.74, 6) is 0.400. The molecular formula is C20H19ClN6OS. The Morgan fingerprint density at radius 1 is 1.28 bits per heavy atom. The Bertz CT molecular complexity index is 1260. The first-order valence-electron chi connectivity index (χ1n) is 9.13. The molecule has 0 aliphatic heterocycles. The molecular weight excluding hydrogens is 408 g/mol. The Morgan fingerprint density at radius 3 is 2.93 bits per heavy atom. The van der Waals surface area contributed by atoms with Crippen molar-refractivity contribution >= 4 is 34.6 Å². The van der Waals surface area contributed by atoms with Crippen LogP contribution in [0.15, 0.2) is 47.2 Å².